The number of carbonyl (C=O) groups is 1. The van der Waals surface area contributed by atoms with Gasteiger partial charge in [0.2, 0.25) is 0 Å². The molecule has 0 aromatic carbocycles. The summed E-state index contributed by atoms with van der Waals surface area (Å²) < 4.78 is 1.89. The van der Waals surface area contributed by atoms with E-state index >= 15 is 0 Å². The molecule has 3 rings (SSSR count). The highest BCUT2D eigenvalue weighted by Crippen LogP contribution is 2.23. The Labute approximate surface area is 142 Å². The minimum absolute atomic E-state index is 0.128. The number of hydrogen-bond acceptors (Lipinski definition) is 5. The van der Waals surface area contributed by atoms with Gasteiger partial charge in [0.1, 0.15) is 5.60 Å². The van der Waals surface area contributed by atoms with E-state index < -0.39 is 5.60 Å². The number of nitrogens with zero attached hydrogens (tertiary/aromatic N) is 2. The summed E-state index contributed by atoms with van der Waals surface area (Å²) in [6, 6.07) is 7.49. The van der Waals surface area contributed by atoms with Crippen LogP contribution in [0, 0.1) is 0 Å². The lowest BCUT2D eigenvalue weighted by molar-refractivity contribution is 0.0529. The fourth-order valence-electron chi connectivity index (χ4n) is 2.33. The Kier molecular flexibility index (Phi) is 4.43. The predicted molar refractivity (Wildman–Crippen MR) is 93.2 cm³/mol. The molecule has 1 unspecified atom stereocenters. The van der Waals surface area contributed by atoms with Crippen LogP contribution in [0.3, 0.4) is 0 Å². The maximum atomic E-state index is 12.5. The molecular weight excluding hydrogens is 330 g/mol. The molecule has 2 N–H and O–H groups in total. The number of fused-ring (bicyclic) bond motifs is 1. The summed E-state index contributed by atoms with van der Waals surface area (Å²) in [5, 5.41) is 17.8. The molecule has 3 aromatic heterocycles. The molecule has 1 amide bonds. The van der Waals surface area contributed by atoms with Crippen LogP contribution < -0.4 is 5.32 Å². The molecule has 120 valence electrons. The molecule has 0 fully saturated rings. The number of aromatic nitrogens is 2. The third-order valence-electron chi connectivity index (χ3n) is 3.65. The summed E-state index contributed by atoms with van der Waals surface area (Å²) in [5.41, 5.74) is 0.816. The first-order valence-corrected chi connectivity index (χ1v) is 9.24. The van der Waals surface area contributed by atoms with Crippen molar-refractivity contribution in [1.29, 1.82) is 0 Å². The Hall–Kier alpha value is -1.83. The van der Waals surface area contributed by atoms with E-state index in [1.165, 1.54) is 23.1 Å². The molecule has 0 saturated carbocycles. The molecular formula is C16H17N3O2S2. The largest absolute Gasteiger partial charge is 0.384 e. The van der Waals surface area contributed by atoms with E-state index in [0.717, 1.165) is 16.2 Å². The zero-order valence-corrected chi connectivity index (χ0v) is 14.4. The fourth-order valence-corrected chi connectivity index (χ4v) is 3.65. The van der Waals surface area contributed by atoms with Crippen LogP contribution in [0.25, 0.3) is 5.52 Å². The first-order chi connectivity index (χ1) is 11.0. The van der Waals surface area contributed by atoms with Crippen LogP contribution in [-0.2, 0) is 5.60 Å². The summed E-state index contributed by atoms with van der Waals surface area (Å²) in [6.45, 7) is 1.82. The molecule has 0 radical (unpaired) electrons. The highest BCUT2D eigenvalue weighted by molar-refractivity contribution is 7.98. The van der Waals surface area contributed by atoms with Gasteiger partial charge in [-0.05, 0) is 47.7 Å². The van der Waals surface area contributed by atoms with Crippen LogP contribution in [0.15, 0.2) is 46.4 Å². The zero-order valence-electron chi connectivity index (χ0n) is 12.8. The summed E-state index contributed by atoms with van der Waals surface area (Å²) in [7, 11) is 0. The average molecular weight is 347 g/mol. The van der Waals surface area contributed by atoms with Crippen LogP contribution in [0.1, 0.15) is 23.0 Å². The van der Waals surface area contributed by atoms with Crippen molar-refractivity contribution < 1.29 is 9.90 Å². The standard InChI is InChI=1S/C16H17N3O2S2/c1-16(21,11-6-8-23-9-11)10-17-14(20)13-12-5-3-4-7-19(12)15(18-13)22-2/h3-9,21H,10H2,1-2H3,(H,17,20). The highest BCUT2D eigenvalue weighted by Gasteiger charge is 2.25. The lowest BCUT2D eigenvalue weighted by atomic mass is 9.99. The summed E-state index contributed by atoms with van der Waals surface area (Å²) in [4.78, 5) is 16.9. The van der Waals surface area contributed by atoms with Gasteiger partial charge in [-0.1, -0.05) is 17.8 Å². The Morgan fingerprint density at radius 3 is 3.00 bits per heavy atom. The van der Waals surface area contributed by atoms with Gasteiger partial charge in [-0.2, -0.15) is 11.3 Å². The predicted octanol–water partition coefficient (Wildman–Crippen LogP) is 2.76. The highest BCUT2D eigenvalue weighted by atomic mass is 32.2. The summed E-state index contributed by atoms with van der Waals surface area (Å²) >= 11 is 3.00. The molecule has 0 spiro atoms. The number of thioether (sulfide) groups is 1. The van der Waals surface area contributed by atoms with Gasteiger partial charge in [0, 0.05) is 6.20 Å². The Bertz CT molecular complexity index is 825. The van der Waals surface area contributed by atoms with Crippen molar-refractivity contribution in [1.82, 2.24) is 14.7 Å². The first-order valence-electron chi connectivity index (χ1n) is 7.07. The van der Waals surface area contributed by atoms with Gasteiger partial charge in [-0.3, -0.25) is 9.20 Å². The van der Waals surface area contributed by atoms with Crippen LogP contribution in [0.5, 0.6) is 0 Å². The first kappa shape index (κ1) is 16.0. The Balaban J connectivity index is 1.82. The molecule has 1 atom stereocenters. The smallest absolute Gasteiger partial charge is 0.272 e. The normalized spacial score (nSPS) is 13.9. The summed E-state index contributed by atoms with van der Waals surface area (Å²) in [6.07, 6.45) is 3.80. The van der Waals surface area contributed by atoms with Crippen molar-refractivity contribution in [2.45, 2.75) is 17.7 Å². The van der Waals surface area contributed by atoms with E-state index in [2.05, 4.69) is 10.3 Å². The van der Waals surface area contributed by atoms with Crippen LogP contribution in [0.4, 0.5) is 0 Å². The van der Waals surface area contributed by atoms with E-state index in [4.69, 9.17) is 0 Å². The van der Waals surface area contributed by atoms with Crippen LogP contribution in [0.2, 0.25) is 0 Å². The topological polar surface area (TPSA) is 66.6 Å². The quantitative estimate of drug-likeness (QED) is 0.697. The van der Waals surface area contributed by atoms with E-state index in [0.29, 0.717) is 5.69 Å². The second kappa shape index (κ2) is 6.35. The van der Waals surface area contributed by atoms with E-state index in [9.17, 15) is 9.90 Å². The second-order valence-electron chi connectivity index (χ2n) is 5.37. The van der Waals surface area contributed by atoms with Gasteiger partial charge < -0.3 is 10.4 Å². The second-order valence-corrected chi connectivity index (χ2v) is 6.92. The van der Waals surface area contributed by atoms with Crippen LogP contribution in [-0.4, -0.2) is 33.2 Å². The number of thiophene rings is 1. The summed E-state index contributed by atoms with van der Waals surface area (Å²) in [5.74, 6) is -0.287. The number of rotatable bonds is 5. The number of hydrogen-bond donors (Lipinski definition) is 2. The average Bonchev–Trinajstić information content (AvgIpc) is 3.20. The number of imidazole rings is 1. The number of carbonyl (C=O) groups excluding carboxylic acids is 1. The molecule has 0 aliphatic rings. The van der Waals surface area contributed by atoms with E-state index in [-0.39, 0.29) is 12.5 Å². The molecule has 23 heavy (non-hydrogen) atoms. The van der Waals surface area contributed by atoms with Crippen molar-refractivity contribution in [3.8, 4) is 0 Å². The molecule has 0 aliphatic heterocycles. The van der Waals surface area contributed by atoms with Gasteiger partial charge in [0.15, 0.2) is 10.9 Å². The van der Waals surface area contributed by atoms with E-state index in [1.54, 1.807) is 6.92 Å². The third kappa shape index (κ3) is 3.12. The van der Waals surface area contributed by atoms with Gasteiger partial charge in [0.25, 0.3) is 5.91 Å². The van der Waals surface area contributed by atoms with Crippen molar-refractivity contribution in [3.63, 3.8) is 0 Å². The maximum absolute atomic E-state index is 12.5. The Morgan fingerprint density at radius 2 is 2.30 bits per heavy atom. The van der Waals surface area contributed by atoms with Crippen molar-refractivity contribution in [2.24, 2.45) is 0 Å². The maximum Gasteiger partial charge on any atom is 0.272 e. The Morgan fingerprint density at radius 1 is 1.48 bits per heavy atom. The monoisotopic (exact) mass is 347 g/mol. The van der Waals surface area contributed by atoms with Crippen molar-refractivity contribution in [2.75, 3.05) is 12.8 Å². The molecule has 3 heterocycles. The number of amides is 1. The number of nitrogens with one attached hydrogen (secondary N) is 1. The van der Waals surface area contributed by atoms with Gasteiger partial charge in [0.05, 0.1) is 12.1 Å². The molecule has 7 heteroatoms. The molecule has 5 nitrogen and oxygen atoms in total. The number of aliphatic hydroxyl groups is 1. The SMILES string of the molecule is CSc1nc(C(=O)NCC(C)(O)c2ccsc2)c2ccccn12. The molecule has 0 saturated heterocycles. The molecule has 3 aromatic rings. The lowest BCUT2D eigenvalue weighted by Crippen LogP contribution is -2.38. The zero-order chi connectivity index (χ0) is 16.4. The molecule has 0 bridgehead atoms. The fraction of sp³-hybridized carbons (Fsp3) is 0.250. The minimum Gasteiger partial charge on any atom is -0.384 e. The van der Waals surface area contributed by atoms with Gasteiger partial charge in [-0.15, -0.1) is 0 Å². The lowest BCUT2D eigenvalue weighted by Gasteiger charge is -2.22. The third-order valence-corrected chi connectivity index (χ3v) is 4.99. The number of pyridine rings is 1. The van der Waals surface area contributed by atoms with E-state index in [1.807, 2.05) is 51.9 Å². The van der Waals surface area contributed by atoms with Gasteiger partial charge >= 0.3 is 0 Å². The van der Waals surface area contributed by atoms with Crippen molar-refractivity contribution in [3.05, 3.63) is 52.5 Å². The molecule has 0 aliphatic carbocycles. The van der Waals surface area contributed by atoms with Crippen molar-refractivity contribution >= 4 is 34.5 Å². The van der Waals surface area contributed by atoms with Crippen LogP contribution >= 0.6 is 23.1 Å². The van der Waals surface area contributed by atoms with Gasteiger partial charge in [-0.25, -0.2) is 4.98 Å². The minimum atomic E-state index is -1.10.